The molecule has 0 aliphatic heterocycles. The lowest BCUT2D eigenvalue weighted by atomic mass is 9.66. The number of rotatable bonds is 4. The van der Waals surface area contributed by atoms with Crippen molar-refractivity contribution < 1.29 is 9.84 Å². The molecule has 0 heterocycles. The summed E-state index contributed by atoms with van der Waals surface area (Å²) in [6.45, 7) is 9.81. The van der Waals surface area contributed by atoms with Crippen molar-refractivity contribution in [2.24, 2.45) is 23.7 Å². The molecule has 0 saturated heterocycles. The van der Waals surface area contributed by atoms with E-state index >= 15 is 0 Å². The third-order valence-electron chi connectivity index (χ3n) is 6.05. The zero-order valence-corrected chi connectivity index (χ0v) is 13.9. The summed E-state index contributed by atoms with van der Waals surface area (Å²) in [4.78, 5) is 0. The van der Waals surface area contributed by atoms with Gasteiger partial charge < -0.3 is 9.84 Å². The van der Waals surface area contributed by atoms with Gasteiger partial charge in [0.25, 0.3) is 0 Å². The summed E-state index contributed by atoms with van der Waals surface area (Å²) < 4.78 is 6.17. The average Bonchev–Trinajstić information content (AvgIpc) is 2.41. The second-order valence-electron chi connectivity index (χ2n) is 7.67. The maximum atomic E-state index is 11.1. The molecule has 2 heteroatoms. The molecule has 0 radical (unpaired) electrons. The summed E-state index contributed by atoms with van der Waals surface area (Å²) in [6.07, 6.45) is 7.94. The van der Waals surface area contributed by atoms with E-state index in [0.29, 0.717) is 11.8 Å². The lowest BCUT2D eigenvalue weighted by Gasteiger charge is -2.47. The molecule has 2 aliphatic carbocycles. The lowest BCUT2D eigenvalue weighted by molar-refractivity contribution is -0.170. The van der Waals surface area contributed by atoms with Crippen LogP contribution in [0.1, 0.15) is 72.6 Å². The van der Waals surface area contributed by atoms with Crippen LogP contribution in [-0.2, 0) is 4.74 Å². The Bertz CT molecular complexity index is 300. The summed E-state index contributed by atoms with van der Waals surface area (Å²) in [5.74, 6) is 2.68. The van der Waals surface area contributed by atoms with Gasteiger partial charge in [0.1, 0.15) is 0 Å². The number of ether oxygens (including phenoxy) is 1. The van der Waals surface area contributed by atoms with E-state index in [-0.39, 0.29) is 11.7 Å². The molecule has 2 rings (SSSR count). The van der Waals surface area contributed by atoms with Crippen LogP contribution in [-0.4, -0.2) is 23.4 Å². The molecule has 2 aliphatic rings. The molecule has 20 heavy (non-hydrogen) atoms. The van der Waals surface area contributed by atoms with Crippen molar-refractivity contribution >= 4 is 0 Å². The van der Waals surface area contributed by atoms with E-state index in [0.717, 1.165) is 31.3 Å². The summed E-state index contributed by atoms with van der Waals surface area (Å²) in [7, 11) is 0. The summed E-state index contributed by atoms with van der Waals surface area (Å²) >= 11 is 0. The third-order valence-corrected chi connectivity index (χ3v) is 6.05. The Morgan fingerprint density at radius 3 is 2.50 bits per heavy atom. The maximum absolute atomic E-state index is 11.1. The van der Waals surface area contributed by atoms with Gasteiger partial charge in [0.15, 0.2) is 0 Å². The zero-order valence-electron chi connectivity index (χ0n) is 13.9. The van der Waals surface area contributed by atoms with Crippen LogP contribution in [0, 0.1) is 23.7 Å². The van der Waals surface area contributed by atoms with E-state index in [1.807, 2.05) is 0 Å². The van der Waals surface area contributed by atoms with Gasteiger partial charge in [0.05, 0.1) is 11.7 Å². The molecular formula is C18H34O2. The predicted molar refractivity (Wildman–Crippen MR) is 83.7 cm³/mol. The van der Waals surface area contributed by atoms with Gasteiger partial charge >= 0.3 is 0 Å². The van der Waals surface area contributed by atoms with Crippen LogP contribution in [0.5, 0.6) is 0 Å². The van der Waals surface area contributed by atoms with Crippen molar-refractivity contribution in [3.63, 3.8) is 0 Å². The average molecular weight is 282 g/mol. The highest BCUT2D eigenvalue weighted by Gasteiger charge is 2.46. The molecule has 0 bridgehead atoms. The second kappa shape index (κ2) is 6.79. The molecule has 6 atom stereocenters. The van der Waals surface area contributed by atoms with E-state index in [2.05, 4.69) is 27.7 Å². The Balaban J connectivity index is 2.08. The molecule has 2 saturated carbocycles. The minimum Gasteiger partial charge on any atom is -0.390 e. The Morgan fingerprint density at radius 1 is 1.15 bits per heavy atom. The second-order valence-corrected chi connectivity index (χ2v) is 7.67. The maximum Gasteiger partial charge on any atom is 0.0945 e. The first-order valence-electron chi connectivity index (χ1n) is 8.80. The van der Waals surface area contributed by atoms with Crippen LogP contribution in [0.15, 0.2) is 0 Å². The van der Waals surface area contributed by atoms with Gasteiger partial charge in [-0.15, -0.1) is 0 Å². The minimum absolute atomic E-state index is 0.253. The first-order valence-corrected chi connectivity index (χ1v) is 8.80. The lowest BCUT2D eigenvalue weighted by Crippen LogP contribution is -2.52. The monoisotopic (exact) mass is 282 g/mol. The van der Waals surface area contributed by atoms with Crippen molar-refractivity contribution in [2.45, 2.75) is 84.3 Å². The summed E-state index contributed by atoms with van der Waals surface area (Å²) in [5.41, 5.74) is -0.253. The number of aliphatic hydroxyl groups excluding tert-OH is 1. The SMILES string of the molecule is CCOC1(C(O)C2CCC(C)C(C)C2)CCCC(C)C1. The van der Waals surface area contributed by atoms with E-state index < -0.39 is 0 Å². The van der Waals surface area contributed by atoms with Gasteiger partial charge in [-0.25, -0.2) is 0 Å². The van der Waals surface area contributed by atoms with E-state index in [1.54, 1.807) is 0 Å². The van der Waals surface area contributed by atoms with Gasteiger partial charge in [-0.2, -0.15) is 0 Å². The molecule has 6 unspecified atom stereocenters. The van der Waals surface area contributed by atoms with Crippen LogP contribution in [0.25, 0.3) is 0 Å². The summed E-state index contributed by atoms with van der Waals surface area (Å²) in [6, 6.07) is 0. The standard InChI is InChI=1S/C18H34O2/c1-5-20-18(10-6-7-13(2)12-18)17(19)16-9-8-14(3)15(4)11-16/h13-17,19H,5-12H2,1-4H3. The highest BCUT2D eigenvalue weighted by atomic mass is 16.5. The van der Waals surface area contributed by atoms with Crippen molar-refractivity contribution in [3.05, 3.63) is 0 Å². The van der Waals surface area contributed by atoms with Crippen LogP contribution in [0.2, 0.25) is 0 Å². The van der Waals surface area contributed by atoms with E-state index in [4.69, 9.17) is 4.74 Å². The Kier molecular flexibility index (Phi) is 5.53. The smallest absolute Gasteiger partial charge is 0.0945 e. The van der Waals surface area contributed by atoms with Crippen LogP contribution < -0.4 is 0 Å². The van der Waals surface area contributed by atoms with Crippen molar-refractivity contribution in [3.8, 4) is 0 Å². The third kappa shape index (κ3) is 3.39. The van der Waals surface area contributed by atoms with Crippen molar-refractivity contribution in [1.82, 2.24) is 0 Å². The molecule has 0 amide bonds. The summed E-state index contributed by atoms with van der Waals surface area (Å²) in [5, 5.41) is 11.1. The Labute approximate surface area is 125 Å². The fraction of sp³-hybridized carbons (Fsp3) is 1.00. The number of aliphatic hydroxyl groups is 1. The molecular weight excluding hydrogens is 248 g/mol. The van der Waals surface area contributed by atoms with Gasteiger partial charge in [0, 0.05) is 6.61 Å². The Morgan fingerprint density at radius 2 is 1.90 bits per heavy atom. The number of hydrogen-bond acceptors (Lipinski definition) is 2. The van der Waals surface area contributed by atoms with E-state index in [9.17, 15) is 5.11 Å². The Hall–Kier alpha value is -0.0800. The zero-order chi connectivity index (χ0) is 14.8. The fourth-order valence-electron chi connectivity index (χ4n) is 4.62. The molecule has 118 valence electrons. The molecule has 0 aromatic carbocycles. The van der Waals surface area contributed by atoms with Crippen LogP contribution in [0.3, 0.4) is 0 Å². The fourth-order valence-corrected chi connectivity index (χ4v) is 4.62. The molecule has 1 N–H and O–H groups in total. The molecule has 0 spiro atoms. The van der Waals surface area contributed by atoms with Gasteiger partial charge in [-0.1, -0.05) is 40.0 Å². The molecule has 0 aromatic heterocycles. The molecule has 0 aromatic rings. The number of hydrogen-bond donors (Lipinski definition) is 1. The van der Waals surface area contributed by atoms with E-state index in [1.165, 1.54) is 32.1 Å². The first kappa shape index (κ1) is 16.3. The highest BCUT2D eigenvalue weighted by molar-refractivity contribution is 4.97. The van der Waals surface area contributed by atoms with Crippen molar-refractivity contribution in [2.75, 3.05) is 6.61 Å². The molecule has 2 nitrogen and oxygen atoms in total. The molecule has 2 fully saturated rings. The first-order chi connectivity index (χ1) is 9.48. The van der Waals surface area contributed by atoms with Gasteiger partial charge in [-0.05, 0) is 56.3 Å². The predicted octanol–water partition coefficient (Wildman–Crippen LogP) is 4.41. The normalized spacial score (nSPS) is 44.2. The van der Waals surface area contributed by atoms with Crippen molar-refractivity contribution in [1.29, 1.82) is 0 Å². The topological polar surface area (TPSA) is 29.5 Å². The highest BCUT2D eigenvalue weighted by Crippen LogP contribution is 2.44. The minimum atomic E-state index is -0.264. The van der Waals surface area contributed by atoms with Gasteiger partial charge in [-0.3, -0.25) is 0 Å². The largest absolute Gasteiger partial charge is 0.390 e. The quantitative estimate of drug-likeness (QED) is 0.828. The van der Waals surface area contributed by atoms with Gasteiger partial charge in [0.2, 0.25) is 0 Å². The van der Waals surface area contributed by atoms with Crippen LogP contribution >= 0.6 is 0 Å². The van der Waals surface area contributed by atoms with Crippen LogP contribution in [0.4, 0.5) is 0 Å².